The van der Waals surface area contributed by atoms with Crippen molar-refractivity contribution < 1.29 is 13.9 Å². The number of para-hydroxylation sites is 1. The number of hydrogen-bond acceptors (Lipinski definition) is 4. The second-order valence-corrected chi connectivity index (χ2v) is 8.99. The molecule has 0 aliphatic rings. The molecule has 4 aromatic rings. The van der Waals surface area contributed by atoms with Crippen LogP contribution in [0.15, 0.2) is 71.5 Å². The minimum absolute atomic E-state index is 0.125. The lowest BCUT2D eigenvalue weighted by Crippen LogP contribution is -2.40. The zero-order valence-electron chi connectivity index (χ0n) is 19.7. The fourth-order valence-electron chi connectivity index (χ4n) is 4.14. The van der Waals surface area contributed by atoms with E-state index in [1.807, 2.05) is 6.92 Å². The summed E-state index contributed by atoms with van der Waals surface area (Å²) in [4.78, 5) is 33.9. The Balaban J connectivity index is 1.95. The molecule has 0 spiro atoms. The van der Waals surface area contributed by atoms with Crippen molar-refractivity contribution in [3.8, 4) is 5.69 Å². The average molecular weight is 528 g/mol. The summed E-state index contributed by atoms with van der Waals surface area (Å²) in [5, 5.41) is 0.782. The number of carbonyl (C=O) groups excluding carboxylic acids is 1. The van der Waals surface area contributed by atoms with Gasteiger partial charge in [-0.3, -0.25) is 14.2 Å². The first-order valence-corrected chi connectivity index (χ1v) is 12.1. The summed E-state index contributed by atoms with van der Waals surface area (Å²) in [7, 11) is 1.55. The van der Waals surface area contributed by atoms with Crippen molar-refractivity contribution in [3.05, 3.63) is 104 Å². The van der Waals surface area contributed by atoms with E-state index in [2.05, 4.69) is 0 Å². The maximum absolute atomic E-state index is 14.0. The number of ether oxygens (including phenoxy) is 1. The van der Waals surface area contributed by atoms with Gasteiger partial charge >= 0.3 is 0 Å². The van der Waals surface area contributed by atoms with E-state index in [1.165, 1.54) is 22.8 Å². The van der Waals surface area contributed by atoms with Crippen molar-refractivity contribution in [1.82, 2.24) is 14.5 Å². The fourth-order valence-corrected chi connectivity index (χ4v) is 4.44. The van der Waals surface area contributed by atoms with Gasteiger partial charge in [0.1, 0.15) is 11.6 Å². The number of hydrogen-bond donors (Lipinski definition) is 0. The molecule has 1 unspecified atom stereocenters. The molecule has 0 fully saturated rings. The van der Waals surface area contributed by atoms with Crippen LogP contribution in [0.4, 0.5) is 4.39 Å². The number of methoxy groups -OCH3 is 1. The Labute approximate surface area is 217 Å². The summed E-state index contributed by atoms with van der Waals surface area (Å²) in [6, 6.07) is 17.0. The zero-order chi connectivity index (χ0) is 25.8. The standard InChI is InChI=1S/C27H24Cl2FN3O3/c1-3-24(32(14-15-36-2)26(34)17-8-10-18(28)11-9-17)25-31-23-7-5-4-6-20(23)27(35)33(25)19-12-13-22(30)21(29)16-19/h4-13,16,24H,3,14-15H2,1-2H3. The molecule has 0 saturated carbocycles. The molecule has 0 N–H and O–H groups in total. The Kier molecular flexibility index (Phi) is 8.04. The van der Waals surface area contributed by atoms with Gasteiger partial charge < -0.3 is 9.64 Å². The molecule has 1 aromatic heterocycles. The molecule has 0 aliphatic heterocycles. The summed E-state index contributed by atoms with van der Waals surface area (Å²) >= 11 is 12.1. The topological polar surface area (TPSA) is 64.4 Å². The third kappa shape index (κ3) is 5.14. The van der Waals surface area contributed by atoms with Gasteiger partial charge in [0.25, 0.3) is 11.5 Å². The predicted octanol–water partition coefficient (Wildman–Crippen LogP) is 6.07. The first kappa shape index (κ1) is 25.8. The van der Waals surface area contributed by atoms with E-state index in [1.54, 1.807) is 60.5 Å². The second kappa shape index (κ2) is 11.2. The van der Waals surface area contributed by atoms with Crippen LogP contribution < -0.4 is 5.56 Å². The molecule has 9 heteroatoms. The van der Waals surface area contributed by atoms with Crippen LogP contribution in [0.2, 0.25) is 10.0 Å². The van der Waals surface area contributed by atoms with Gasteiger partial charge in [-0.05, 0) is 61.0 Å². The number of halogens is 3. The first-order valence-electron chi connectivity index (χ1n) is 11.4. The van der Waals surface area contributed by atoms with Crippen LogP contribution in [-0.4, -0.2) is 40.6 Å². The first-order chi connectivity index (χ1) is 17.3. The summed E-state index contributed by atoms with van der Waals surface area (Å²) < 4.78 is 20.7. The van der Waals surface area contributed by atoms with Crippen LogP contribution in [0.3, 0.4) is 0 Å². The molecule has 1 amide bonds. The molecule has 0 bridgehead atoms. The molecule has 3 aromatic carbocycles. The van der Waals surface area contributed by atoms with E-state index in [0.29, 0.717) is 39.4 Å². The van der Waals surface area contributed by atoms with E-state index in [-0.39, 0.29) is 29.6 Å². The number of carbonyl (C=O) groups is 1. The summed E-state index contributed by atoms with van der Waals surface area (Å²) in [5.41, 5.74) is 0.936. The lowest BCUT2D eigenvalue weighted by atomic mass is 10.1. The Morgan fingerprint density at radius 2 is 1.83 bits per heavy atom. The summed E-state index contributed by atoms with van der Waals surface area (Å²) in [6.45, 7) is 2.43. The Morgan fingerprint density at radius 3 is 2.50 bits per heavy atom. The highest BCUT2D eigenvalue weighted by atomic mass is 35.5. The zero-order valence-corrected chi connectivity index (χ0v) is 21.3. The van der Waals surface area contributed by atoms with E-state index in [9.17, 15) is 14.0 Å². The lowest BCUT2D eigenvalue weighted by molar-refractivity contribution is 0.0579. The van der Waals surface area contributed by atoms with Crippen LogP contribution >= 0.6 is 23.2 Å². The highest BCUT2D eigenvalue weighted by Gasteiger charge is 2.30. The summed E-state index contributed by atoms with van der Waals surface area (Å²) in [5.74, 6) is -0.528. The van der Waals surface area contributed by atoms with Crippen molar-refractivity contribution in [2.24, 2.45) is 0 Å². The van der Waals surface area contributed by atoms with E-state index in [4.69, 9.17) is 32.9 Å². The second-order valence-electron chi connectivity index (χ2n) is 8.15. The van der Waals surface area contributed by atoms with Gasteiger partial charge in [0.15, 0.2) is 0 Å². The van der Waals surface area contributed by atoms with Gasteiger partial charge in [-0.15, -0.1) is 0 Å². The number of benzene rings is 3. The monoisotopic (exact) mass is 527 g/mol. The number of nitrogens with zero attached hydrogens (tertiary/aromatic N) is 3. The maximum Gasteiger partial charge on any atom is 0.266 e. The Hall–Kier alpha value is -3.26. The molecular weight excluding hydrogens is 504 g/mol. The number of fused-ring (bicyclic) bond motifs is 1. The maximum atomic E-state index is 14.0. The molecular formula is C27H24Cl2FN3O3. The number of amides is 1. The predicted molar refractivity (Wildman–Crippen MR) is 140 cm³/mol. The van der Waals surface area contributed by atoms with Crippen LogP contribution in [0.5, 0.6) is 0 Å². The van der Waals surface area contributed by atoms with Crippen LogP contribution in [0.25, 0.3) is 16.6 Å². The lowest BCUT2D eigenvalue weighted by Gasteiger charge is -2.32. The molecule has 186 valence electrons. The smallest absolute Gasteiger partial charge is 0.266 e. The molecule has 0 radical (unpaired) electrons. The van der Waals surface area contributed by atoms with Crippen molar-refractivity contribution in [2.75, 3.05) is 20.3 Å². The minimum atomic E-state index is -0.607. The van der Waals surface area contributed by atoms with Gasteiger partial charge in [0, 0.05) is 24.2 Å². The molecule has 4 rings (SSSR count). The quantitative estimate of drug-likeness (QED) is 0.279. The Morgan fingerprint density at radius 1 is 1.11 bits per heavy atom. The van der Waals surface area contributed by atoms with Gasteiger partial charge in [-0.2, -0.15) is 0 Å². The van der Waals surface area contributed by atoms with Gasteiger partial charge in [-0.1, -0.05) is 42.3 Å². The molecule has 1 heterocycles. The molecule has 6 nitrogen and oxygen atoms in total. The minimum Gasteiger partial charge on any atom is -0.383 e. The Bertz CT molecular complexity index is 1460. The van der Waals surface area contributed by atoms with Gasteiger partial charge in [0.05, 0.1) is 34.3 Å². The third-order valence-corrected chi connectivity index (χ3v) is 6.45. The number of aromatic nitrogens is 2. The molecule has 0 aliphatic carbocycles. The molecule has 0 saturated heterocycles. The largest absolute Gasteiger partial charge is 0.383 e. The van der Waals surface area contributed by atoms with Crippen LogP contribution in [0.1, 0.15) is 35.6 Å². The third-order valence-electron chi connectivity index (χ3n) is 5.91. The van der Waals surface area contributed by atoms with Crippen molar-refractivity contribution in [1.29, 1.82) is 0 Å². The highest BCUT2D eigenvalue weighted by Crippen LogP contribution is 2.29. The van der Waals surface area contributed by atoms with Gasteiger partial charge in [0.2, 0.25) is 0 Å². The SMILES string of the molecule is CCC(c1nc2ccccc2c(=O)n1-c1ccc(F)c(Cl)c1)N(CCOC)C(=O)c1ccc(Cl)cc1. The van der Waals surface area contributed by atoms with E-state index in [0.717, 1.165) is 0 Å². The van der Waals surface area contributed by atoms with Crippen molar-refractivity contribution in [3.63, 3.8) is 0 Å². The summed E-state index contributed by atoms with van der Waals surface area (Å²) in [6.07, 6.45) is 0.447. The normalized spacial score (nSPS) is 12.0. The molecule has 1 atom stereocenters. The van der Waals surface area contributed by atoms with E-state index >= 15 is 0 Å². The highest BCUT2D eigenvalue weighted by molar-refractivity contribution is 6.31. The van der Waals surface area contributed by atoms with Crippen LogP contribution in [0, 0.1) is 5.82 Å². The number of rotatable bonds is 8. The van der Waals surface area contributed by atoms with Crippen molar-refractivity contribution in [2.45, 2.75) is 19.4 Å². The average Bonchev–Trinajstić information content (AvgIpc) is 2.88. The van der Waals surface area contributed by atoms with E-state index < -0.39 is 11.9 Å². The van der Waals surface area contributed by atoms with Crippen LogP contribution in [-0.2, 0) is 4.74 Å². The molecule has 36 heavy (non-hydrogen) atoms. The fraction of sp³-hybridized carbons (Fsp3) is 0.222. The van der Waals surface area contributed by atoms with Crippen molar-refractivity contribution >= 4 is 40.0 Å². The van der Waals surface area contributed by atoms with Gasteiger partial charge in [-0.25, -0.2) is 9.37 Å².